The lowest BCUT2D eigenvalue weighted by Crippen LogP contribution is -2.07. The lowest BCUT2D eigenvalue weighted by Gasteiger charge is -2.01. The van der Waals surface area contributed by atoms with Crippen LogP contribution in [0.4, 0.5) is 4.39 Å². The molecule has 4 nitrogen and oxygen atoms in total. The highest BCUT2D eigenvalue weighted by Crippen LogP contribution is 2.00. The molecule has 1 aromatic heterocycles. The molecular weight excluding hydrogens is 159 g/mol. The third-order valence-corrected chi connectivity index (χ3v) is 1.45. The van der Waals surface area contributed by atoms with Gasteiger partial charge in [-0.25, -0.2) is 14.1 Å². The van der Waals surface area contributed by atoms with Gasteiger partial charge in [-0.15, -0.1) is 0 Å². The monoisotopic (exact) mass is 168 g/mol. The molecule has 0 N–H and O–H groups in total. The van der Waals surface area contributed by atoms with Gasteiger partial charge in [0, 0.05) is 6.54 Å². The zero-order chi connectivity index (χ0) is 8.97. The van der Waals surface area contributed by atoms with Gasteiger partial charge in [0.15, 0.2) is 0 Å². The quantitative estimate of drug-likeness (QED) is 0.673. The molecule has 0 aliphatic heterocycles. The number of rotatable bonds is 3. The summed E-state index contributed by atoms with van der Waals surface area (Å²) in [5.41, 5.74) is 0. The molecule has 1 atom stereocenters. The standard InChI is InChI=1S/C7H9FN4/c1-6(8)2-3-12-7(4-9)10-5-11-12/h5-6H,2-3H2,1H3. The number of hydrogen-bond acceptors (Lipinski definition) is 3. The molecule has 0 saturated heterocycles. The van der Waals surface area contributed by atoms with Gasteiger partial charge in [-0.2, -0.15) is 10.4 Å². The van der Waals surface area contributed by atoms with Crippen molar-refractivity contribution in [1.82, 2.24) is 14.8 Å². The van der Waals surface area contributed by atoms with Crippen molar-refractivity contribution < 1.29 is 4.39 Å². The first-order valence-electron chi connectivity index (χ1n) is 3.66. The van der Waals surface area contributed by atoms with Crippen molar-refractivity contribution in [2.24, 2.45) is 0 Å². The maximum Gasteiger partial charge on any atom is 0.230 e. The van der Waals surface area contributed by atoms with Gasteiger partial charge >= 0.3 is 0 Å². The van der Waals surface area contributed by atoms with E-state index >= 15 is 0 Å². The Morgan fingerprint density at radius 1 is 1.83 bits per heavy atom. The van der Waals surface area contributed by atoms with E-state index in [1.165, 1.54) is 17.9 Å². The summed E-state index contributed by atoms with van der Waals surface area (Å²) in [4.78, 5) is 3.68. The van der Waals surface area contributed by atoms with E-state index in [-0.39, 0.29) is 5.82 Å². The predicted molar refractivity (Wildman–Crippen MR) is 39.9 cm³/mol. The Labute approximate surface area is 69.6 Å². The van der Waals surface area contributed by atoms with Crippen molar-refractivity contribution in [3.8, 4) is 6.07 Å². The fourth-order valence-corrected chi connectivity index (χ4v) is 0.815. The maximum atomic E-state index is 12.4. The fourth-order valence-electron chi connectivity index (χ4n) is 0.815. The molecule has 0 fully saturated rings. The van der Waals surface area contributed by atoms with Crippen LogP contribution in [-0.2, 0) is 6.54 Å². The molecule has 0 bridgehead atoms. The summed E-state index contributed by atoms with van der Waals surface area (Å²) in [6.45, 7) is 1.88. The van der Waals surface area contributed by atoms with Crippen LogP contribution in [0.1, 0.15) is 19.2 Å². The number of alkyl halides is 1. The molecule has 0 aromatic carbocycles. The molecule has 1 heterocycles. The minimum absolute atomic E-state index is 0.232. The van der Waals surface area contributed by atoms with Crippen LogP contribution in [0.5, 0.6) is 0 Å². The summed E-state index contributed by atoms with van der Waals surface area (Å²) in [7, 11) is 0. The molecule has 0 aliphatic carbocycles. The van der Waals surface area contributed by atoms with E-state index in [4.69, 9.17) is 5.26 Å². The number of halogens is 1. The van der Waals surface area contributed by atoms with Crippen LogP contribution in [0.25, 0.3) is 0 Å². The van der Waals surface area contributed by atoms with Crippen molar-refractivity contribution in [3.05, 3.63) is 12.2 Å². The molecule has 1 aromatic rings. The smallest absolute Gasteiger partial charge is 0.230 e. The Bertz CT molecular complexity index is 286. The number of nitriles is 1. The van der Waals surface area contributed by atoms with E-state index in [0.717, 1.165) is 0 Å². The zero-order valence-electron chi connectivity index (χ0n) is 6.74. The van der Waals surface area contributed by atoms with Crippen molar-refractivity contribution in [2.75, 3.05) is 0 Å². The van der Waals surface area contributed by atoms with Crippen molar-refractivity contribution in [1.29, 1.82) is 5.26 Å². The molecule has 0 spiro atoms. The third kappa shape index (κ3) is 2.02. The average Bonchev–Trinajstić information content (AvgIpc) is 2.47. The van der Waals surface area contributed by atoms with Gasteiger partial charge in [0.05, 0.1) is 6.17 Å². The average molecular weight is 168 g/mol. The summed E-state index contributed by atoms with van der Waals surface area (Å²) in [5.74, 6) is 0.232. The maximum absolute atomic E-state index is 12.4. The highest BCUT2D eigenvalue weighted by atomic mass is 19.1. The second kappa shape index (κ2) is 3.81. The molecule has 0 radical (unpaired) electrons. The van der Waals surface area contributed by atoms with Crippen molar-refractivity contribution in [2.45, 2.75) is 26.1 Å². The molecule has 0 amide bonds. The molecule has 5 heteroatoms. The molecule has 1 unspecified atom stereocenters. The summed E-state index contributed by atoms with van der Waals surface area (Å²) < 4.78 is 13.8. The van der Waals surface area contributed by atoms with Gasteiger partial charge in [-0.1, -0.05) is 0 Å². The number of hydrogen-bond donors (Lipinski definition) is 0. The number of nitrogens with zero attached hydrogens (tertiary/aromatic N) is 4. The highest BCUT2D eigenvalue weighted by molar-refractivity contribution is 5.07. The van der Waals surface area contributed by atoms with Gasteiger partial charge in [0.1, 0.15) is 12.4 Å². The van der Waals surface area contributed by atoms with E-state index in [0.29, 0.717) is 13.0 Å². The fraction of sp³-hybridized carbons (Fsp3) is 0.571. The van der Waals surface area contributed by atoms with E-state index < -0.39 is 6.17 Å². The van der Waals surface area contributed by atoms with Crippen LogP contribution in [0, 0.1) is 11.3 Å². The minimum Gasteiger partial charge on any atom is -0.248 e. The summed E-state index contributed by atoms with van der Waals surface area (Å²) in [6.07, 6.45) is 0.778. The minimum atomic E-state index is -0.874. The first kappa shape index (κ1) is 8.65. The van der Waals surface area contributed by atoms with Crippen LogP contribution in [-0.4, -0.2) is 20.9 Å². The Kier molecular flexibility index (Phi) is 2.75. The normalized spacial score (nSPS) is 12.4. The van der Waals surface area contributed by atoms with Crippen LogP contribution < -0.4 is 0 Å². The first-order chi connectivity index (χ1) is 5.74. The molecule has 64 valence electrons. The van der Waals surface area contributed by atoms with E-state index in [2.05, 4.69) is 10.1 Å². The Morgan fingerprint density at radius 3 is 3.17 bits per heavy atom. The Morgan fingerprint density at radius 2 is 2.58 bits per heavy atom. The van der Waals surface area contributed by atoms with E-state index in [1.54, 1.807) is 0 Å². The largest absolute Gasteiger partial charge is 0.248 e. The van der Waals surface area contributed by atoms with Crippen LogP contribution in [0.2, 0.25) is 0 Å². The van der Waals surface area contributed by atoms with E-state index in [1.807, 2.05) is 6.07 Å². The summed E-state index contributed by atoms with van der Waals surface area (Å²) in [6, 6.07) is 1.87. The Hall–Kier alpha value is -1.44. The lowest BCUT2D eigenvalue weighted by atomic mass is 10.3. The van der Waals surface area contributed by atoms with Crippen LogP contribution >= 0.6 is 0 Å². The first-order valence-corrected chi connectivity index (χ1v) is 3.66. The number of aromatic nitrogens is 3. The molecule has 12 heavy (non-hydrogen) atoms. The van der Waals surface area contributed by atoms with Gasteiger partial charge < -0.3 is 0 Å². The van der Waals surface area contributed by atoms with Gasteiger partial charge in [0.2, 0.25) is 5.82 Å². The van der Waals surface area contributed by atoms with Crippen molar-refractivity contribution in [3.63, 3.8) is 0 Å². The lowest BCUT2D eigenvalue weighted by molar-refractivity contribution is 0.319. The zero-order valence-corrected chi connectivity index (χ0v) is 6.74. The Balaban J connectivity index is 2.58. The molecular formula is C7H9FN4. The van der Waals surface area contributed by atoms with Gasteiger partial charge in [0.25, 0.3) is 0 Å². The topological polar surface area (TPSA) is 54.5 Å². The number of aryl methyl sites for hydroxylation is 1. The van der Waals surface area contributed by atoms with Crippen LogP contribution in [0.3, 0.4) is 0 Å². The van der Waals surface area contributed by atoms with Crippen LogP contribution in [0.15, 0.2) is 6.33 Å². The SMILES string of the molecule is CC(F)CCn1ncnc1C#N. The van der Waals surface area contributed by atoms with Crippen molar-refractivity contribution >= 4 is 0 Å². The molecule has 1 rings (SSSR count). The van der Waals surface area contributed by atoms with Gasteiger partial charge in [-0.3, -0.25) is 0 Å². The third-order valence-electron chi connectivity index (χ3n) is 1.45. The predicted octanol–water partition coefficient (Wildman–Crippen LogP) is 0.898. The highest BCUT2D eigenvalue weighted by Gasteiger charge is 2.04. The summed E-state index contributed by atoms with van der Waals surface area (Å²) >= 11 is 0. The molecule has 0 aliphatic rings. The summed E-state index contributed by atoms with van der Waals surface area (Å²) in [5, 5.41) is 12.3. The second-order valence-electron chi connectivity index (χ2n) is 2.49. The van der Waals surface area contributed by atoms with Gasteiger partial charge in [-0.05, 0) is 13.3 Å². The van der Waals surface area contributed by atoms with E-state index in [9.17, 15) is 4.39 Å². The second-order valence-corrected chi connectivity index (χ2v) is 2.49. The molecule has 0 saturated carbocycles.